The molecule has 1 atom stereocenters. The van der Waals surface area contributed by atoms with Gasteiger partial charge in [-0.3, -0.25) is 14.6 Å². The van der Waals surface area contributed by atoms with E-state index in [4.69, 9.17) is 9.47 Å². The highest BCUT2D eigenvalue weighted by Crippen LogP contribution is 2.39. The van der Waals surface area contributed by atoms with Crippen molar-refractivity contribution < 1.29 is 24.2 Å². The molecule has 1 saturated heterocycles. The average Bonchev–Trinajstić information content (AvgIpc) is 2.98. The van der Waals surface area contributed by atoms with Crippen LogP contribution in [0.1, 0.15) is 24.1 Å². The highest BCUT2D eigenvalue weighted by atomic mass is 16.5. The summed E-state index contributed by atoms with van der Waals surface area (Å²) < 4.78 is 10.6. The summed E-state index contributed by atoms with van der Waals surface area (Å²) >= 11 is 0. The van der Waals surface area contributed by atoms with Crippen molar-refractivity contribution in [1.29, 1.82) is 0 Å². The molecule has 7 nitrogen and oxygen atoms in total. The molecule has 0 radical (unpaired) electrons. The topological polar surface area (TPSA) is 89.0 Å². The van der Waals surface area contributed by atoms with Crippen LogP contribution in [0.4, 0.5) is 0 Å². The van der Waals surface area contributed by atoms with E-state index in [2.05, 4.69) is 4.98 Å². The van der Waals surface area contributed by atoms with Crippen molar-refractivity contribution in [2.24, 2.45) is 0 Å². The molecule has 0 saturated carbocycles. The molecule has 2 heterocycles. The standard InChI is InChI=1S/C21H22N2O5/c1-3-28-16-6-4-14(5-7-16)18-17(19(24)15-8-10-22-11-9-15)20(25)21(26)23(18)12-13-27-2/h4-11,18,24H,3,12-13H2,1-2H3/b19-17+. The summed E-state index contributed by atoms with van der Waals surface area (Å²) in [4.78, 5) is 30.8. The van der Waals surface area contributed by atoms with Gasteiger partial charge in [0.25, 0.3) is 11.7 Å². The molecule has 1 aromatic heterocycles. The number of carbonyl (C=O) groups excluding carboxylic acids is 2. The lowest BCUT2D eigenvalue weighted by atomic mass is 9.95. The Bertz CT molecular complexity index is 877. The van der Waals surface area contributed by atoms with Gasteiger partial charge in [0.05, 0.1) is 24.8 Å². The van der Waals surface area contributed by atoms with Crippen molar-refractivity contribution >= 4 is 17.4 Å². The lowest BCUT2D eigenvalue weighted by Gasteiger charge is -2.25. The largest absolute Gasteiger partial charge is 0.507 e. The Morgan fingerprint density at radius 1 is 1.14 bits per heavy atom. The summed E-state index contributed by atoms with van der Waals surface area (Å²) in [6.45, 7) is 2.93. The third-order valence-corrected chi connectivity index (χ3v) is 4.54. The number of ketones is 1. The van der Waals surface area contributed by atoms with E-state index in [9.17, 15) is 14.7 Å². The van der Waals surface area contributed by atoms with Crippen LogP contribution >= 0.6 is 0 Å². The highest BCUT2D eigenvalue weighted by molar-refractivity contribution is 6.46. The zero-order valence-corrected chi connectivity index (χ0v) is 15.8. The molecule has 0 aliphatic carbocycles. The second-order valence-corrected chi connectivity index (χ2v) is 6.22. The molecular formula is C21H22N2O5. The van der Waals surface area contributed by atoms with Crippen LogP contribution in [-0.4, -0.2) is 53.5 Å². The zero-order valence-electron chi connectivity index (χ0n) is 15.8. The number of Topliss-reactive ketones (excluding diaryl/α,β-unsaturated/α-hetero) is 1. The van der Waals surface area contributed by atoms with Gasteiger partial charge in [-0.1, -0.05) is 12.1 Å². The van der Waals surface area contributed by atoms with E-state index in [1.54, 1.807) is 36.4 Å². The molecule has 1 aliphatic heterocycles. The van der Waals surface area contributed by atoms with Crippen molar-refractivity contribution in [3.63, 3.8) is 0 Å². The Morgan fingerprint density at radius 2 is 1.82 bits per heavy atom. The summed E-state index contributed by atoms with van der Waals surface area (Å²) in [6.07, 6.45) is 3.03. The summed E-state index contributed by atoms with van der Waals surface area (Å²) in [5.74, 6) is -0.912. The number of hydrogen-bond acceptors (Lipinski definition) is 6. The molecule has 1 aliphatic rings. The van der Waals surface area contributed by atoms with Crippen LogP contribution < -0.4 is 4.74 Å². The average molecular weight is 382 g/mol. The smallest absolute Gasteiger partial charge is 0.295 e. The van der Waals surface area contributed by atoms with Crippen LogP contribution in [0.15, 0.2) is 54.4 Å². The van der Waals surface area contributed by atoms with Crippen LogP contribution in [0, 0.1) is 0 Å². The molecule has 2 aromatic rings. The van der Waals surface area contributed by atoms with Gasteiger partial charge in [-0.2, -0.15) is 0 Å². The number of methoxy groups -OCH3 is 1. The Morgan fingerprint density at radius 3 is 2.43 bits per heavy atom. The Labute approximate surface area is 163 Å². The van der Waals surface area contributed by atoms with Crippen molar-refractivity contribution in [3.8, 4) is 5.75 Å². The number of nitrogens with zero attached hydrogens (tertiary/aromatic N) is 2. The molecule has 1 aromatic carbocycles. The number of ether oxygens (including phenoxy) is 2. The molecule has 7 heteroatoms. The monoisotopic (exact) mass is 382 g/mol. The lowest BCUT2D eigenvalue weighted by molar-refractivity contribution is -0.140. The zero-order chi connectivity index (χ0) is 20.1. The fourth-order valence-corrected chi connectivity index (χ4v) is 3.23. The van der Waals surface area contributed by atoms with E-state index in [1.807, 2.05) is 6.92 Å². The summed E-state index contributed by atoms with van der Waals surface area (Å²) in [6, 6.07) is 9.62. The van der Waals surface area contributed by atoms with Gasteiger partial charge in [-0.05, 0) is 36.8 Å². The van der Waals surface area contributed by atoms with Gasteiger partial charge in [-0.25, -0.2) is 0 Å². The van der Waals surface area contributed by atoms with E-state index < -0.39 is 17.7 Å². The Balaban J connectivity index is 2.10. The van der Waals surface area contributed by atoms with E-state index in [1.165, 1.54) is 24.4 Å². The van der Waals surface area contributed by atoms with E-state index in [-0.39, 0.29) is 24.5 Å². The first-order valence-corrected chi connectivity index (χ1v) is 8.99. The second kappa shape index (κ2) is 8.67. The first kappa shape index (κ1) is 19.6. The van der Waals surface area contributed by atoms with Gasteiger partial charge < -0.3 is 19.5 Å². The molecule has 0 spiro atoms. The molecule has 1 N–H and O–H groups in total. The van der Waals surface area contributed by atoms with Gasteiger partial charge in [0, 0.05) is 31.6 Å². The molecule has 28 heavy (non-hydrogen) atoms. The minimum Gasteiger partial charge on any atom is -0.507 e. The van der Waals surface area contributed by atoms with Crippen LogP contribution in [0.25, 0.3) is 5.76 Å². The fourth-order valence-electron chi connectivity index (χ4n) is 3.23. The predicted molar refractivity (Wildman–Crippen MR) is 103 cm³/mol. The summed E-state index contributed by atoms with van der Waals surface area (Å²) in [5, 5.41) is 10.8. The third kappa shape index (κ3) is 3.75. The van der Waals surface area contributed by atoms with Crippen LogP contribution in [0.3, 0.4) is 0 Å². The van der Waals surface area contributed by atoms with Gasteiger partial charge in [-0.15, -0.1) is 0 Å². The number of carbonyl (C=O) groups is 2. The number of hydrogen-bond donors (Lipinski definition) is 1. The normalized spacial score (nSPS) is 18.5. The number of likely N-dealkylation sites (tertiary alicyclic amines) is 1. The van der Waals surface area contributed by atoms with E-state index in [0.29, 0.717) is 23.5 Å². The van der Waals surface area contributed by atoms with Crippen LogP contribution in [-0.2, 0) is 14.3 Å². The number of rotatable bonds is 7. The SMILES string of the molecule is CCOc1ccc(C2/C(=C(\O)c3ccncc3)C(=O)C(=O)N2CCOC)cc1. The lowest BCUT2D eigenvalue weighted by Crippen LogP contribution is -2.32. The Hall–Kier alpha value is -3.19. The van der Waals surface area contributed by atoms with Crippen molar-refractivity contribution in [2.75, 3.05) is 26.9 Å². The first-order valence-electron chi connectivity index (χ1n) is 8.99. The summed E-state index contributed by atoms with van der Waals surface area (Å²) in [7, 11) is 1.53. The number of pyridine rings is 1. The molecule has 1 amide bonds. The summed E-state index contributed by atoms with van der Waals surface area (Å²) in [5.41, 5.74) is 1.18. The number of aliphatic hydroxyl groups is 1. The number of aromatic nitrogens is 1. The molecule has 1 unspecified atom stereocenters. The molecule has 3 rings (SSSR count). The minimum absolute atomic E-state index is 0.0523. The van der Waals surface area contributed by atoms with Gasteiger partial charge in [0.1, 0.15) is 11.5 Å². The maximum absolute atomic E-state index is 12.8. The third-order valence-electron chi connectivity index (χ3n) is 4.54. The number of benzene rings is 1. The van der Waals surface area contributed by atoms with Crippen molar-refractivity contribution in [3.05, 3.63) is 65.5 Å². The number of aliphatic hydroxyl groups excluding tert-OH is 1. The van der Waals surface area contributed by atoms with Gasteiger partial charge in [0.15, 0.2) is 0 Å². The van der Waals surface area contributed by atoms with Crippen LogP contribution in [0.2, 0.25) is 0 Å². The fraction of sp³-hybridized carbons (Fsp3) is 0.286. The van der Waals surface area contributed by atoms with E-state index in [0.717, 1.165) is 0 Å². The quantitative estimate of drug-likeness (QED) is 0.450. The van der Waals surface area contributed by atoms with E-state index >= 15 is 0 Å². The highest BCUT2D eigenvalue weighted by Gasteiger charge is 2.45. The molecular weight excluding hydrogens is 360 g/mol. The molecule has 146 valence electrons. The van der Waals surface area contributed by atoms with Crippen molar-refractivity contribution in [1.82, 2.24) is 9.88 Å². The van der Waals surface area contributed by atoms with Crippen molar-refractivity contribution in [2.45, 2.75) is 13.0 Å². The minimum atomic E-state index is -0.718. The maximum Gasteiger partial charge on any atom is 0.295 e. The van der Waals surface area contributed by atoms with Gasteiger partial charge in [0.2, 0.25) is 0 Å². The molecule has 1 fully saturated rings. The number of amides is 1. The second-order valence-electron chi connectivity index (χ2n) is 6.22. The van der Waals surface area contributed by atoms with Gasteiger partial charge >= 0.3 is 0 Å². The Kier molecular flexibility index (Phi) is 6.06. The van der Waals surface area contributed by atoms with Crippen LogP contribution in [0.5, 0.6) is 5.75 Å². The molecule has 0 bridgehead atoms. The first-order chi connectivity index (χ1) is 13.6. The maximum atomic E-state index is 12.8. The predicted octanol–water partition coefficient (Wildman–Crippen LogP) is 2.55.